The summed E-state index contributed by atoms with van der Waals surface area (Å²) >= 11 is 0. The third-order valence-electron chi connectivity index (χ3n) is 4.04. The van der Waals surface area contributed by atoms with Crippen molar-refractivity contribution in [2.45, 2.75) is 52.8 Å². The van der Waals surface area contributed by atoms with Crippen molar-refractivity contribution in [2.75, 3.05) is 0 Å². The molecule has 0 spiro atoms. The van der Waals surface area contributed by atoms with E-state index in [9.17, 15) is 0 Å². The molecule has 2 heteroatoms. The normalized spacial score (nSPS) is 11.5. The molecule has 22 heavy (non-hydrogen) atoms. The van der Waals surface area contributed by atoms with Crippen LogP contribution in [0.25, 0.3) is 0 Å². The minimum atomic E-state index is 0.165. The molecule has 0 aromatic heterocycles. The third-order valence-corrected chi connectivity index (χ3v) is 4.04. The average molecular weight is 297 g/mol. The summed E-state index contributed by atoms with van der Waals surface area (Å²) in [6.07, 6.45) is 1.11. The highest BCUT2D eigenvalue weighted by Crippen LogP contribution is 2.17. The topological polar surface area (TPSA) is 21.3 Å². The number of benzene rings is 2. The van der Waals surface area contributed by atoms with E-state index in [0.29, 0.717) is 6.61 Å². The summed E-state index contributed by atoms with van der Waals surface area (Å²) < 4.78 is 5.92. The van der Waals surface area contributed by atoms with E-state index in [1.165, 1.54) is 16.7 Å². The van der Waals surface area contributed by atoms with Gasteiger partial charge in [0, 0.05) is 12.1 Å². The second kappa shape index (κ2) is 7.46. The third kappa shape index (κ3) is 5.19. The second-order valence-electron chi connectivity index (χ2n) is 6.52. The maximum Gasteiger partial charge on any atom is 0.120 e. The van der Waals surface area contributed by atoms with Crippen molar-refractivity contribution in [1.29, 1.82) is 0 Å². The van der Waals surface area contributed by atoms with Crippen LogP contribution in [0, 0.1) is 6.92 Å². The standard InChI is InChI=1S/C20H27NO/c1-5-20(3,4)21-14-17-9-7-11-19(13-17)22-15-18-10-6-8-16(2)12-18/h6-13,21H,5,14-15H2,1-4H3. The van der Waals surface area contributed by atoms with Crippen molar-refractivity contribution in [3.8, 4) is 5.75 Å². The van der Waals surface area contributed by atoms with Crippen LogP contribution in [0.2, 0.25) is 0 Å². The first-order valence-corrected chi connectivity index (χ1v) is 8.01. The maximum absolute atomic E-state index is 5.92. The highest BCUT2D eigenvalue weighted by atomic mass is 16.5. The number of nitrogens with one attached hydrogen (secondary N) is 1. The fourth-order valence-corrected chi connectivity index (χ4v) is 2.18. The van der Waals surface area contributed by atoms with Gasteiger partial charge in [0.1, 0.15) is 12.4 Å². The molecule has 0 radical (unpaired) electrons. The van der Waals surface area contributed by atoms with Crippen LogP contribution in [0.3, 0.4) is 0 Å². The van der Waals surface area contributed by atoms with Crippen LogP contribution in [-0.2, 0) is 13.2 Å². The molecule has 0 heterocycles. The van der Waals surface area contributed by atoms with Gasteiger partial charge in [-0.1, -0.05) is 48.9 Å². The number of hydrogen-bond donors (Lipinski definition) is 1. The van der Waals surface area contributed by atoms with Crippen molar-refractivity contribution >= 4 is 0 Å². The molecule has 0 aliphatic rings. The predicted molar refractivity (Wildman–Crippen MR) is 93.2 cm³/mol. The summed E-state index contributed by atoms with van der Waals surface area (Å²) in [4.78, 5) is 0. The SMILES string of the molecule is CCC(C)(C)NCc1cccc(OCc2cccc(C)c2)c1. The van der Waals surface area contributed by atoms with Crippen LogP contribution in [0.5, 0.6) is 5.75 Å². The minimum Gasteiger partial charge on any atom is -0.489 e. The van der Waals surface area contributed by atoms with Gasteiger partial charge in [-0.15, -0.1) is 0 Å². The molecular weight excluding hydrogens is 270 g/mol. The Bertz CT molecular complexity index is 604. The van der Waals surface area contributed by atoms with Gasteiger partial charge in [-0.3, -0.25) is 0 Å². The van der Waals surface area contributed by atoms with Gasteiger partial charge >= 0.3 is 0 Å². The Labute approximate surface area is 134 Å². The monoisotopic (exact) mass is 297 g/mol. The van der Waals surface area contributed by atoms with Gasteiger partial charge in [0.15, 0.2) is 0 Å². The maximum atomic E-state index is 5.92. The predicted octanol–water partition coefficient (Wildman–Crippen LogP) is 4.85. The van der Waals surface area contributed by atoms with E-state index in [1.807, 2.05) is 6.07 Å². The Kier molecular flexibility index (Phi) is 5.62. The Morgan fingerprint density at radius 3 is 2.45 bits per heavy atom. The molecule has 0 fully saturated rings. The zero-order valence-electron chi connectivity index (χ0n) is 14.1. The van der Waals surface area contributed by atoms with Gasteiger partial charge in [-0.2, -0.15) is 0 Å². The Morgan fingerprint density at radius 1 is 1.00 bits per heavy atom. The molecule has 0 amide bonds. The Hall–Kier alpha value is -1.80. The summed E-state index contributed by atoms with van der Waals surface area (Å²) in [5.41, 5.74) is 3.89. The number of hydrogen-bond acceptors (Lipinski definition) is 2. The molecule has 118 valence electrons. The molecule has 0 atom stereocenters. The van der Waals surface area contributed by atoms with Gasteiger partial charge < -0.3 is 10.1 Å². The summed E-state index contributed by atoms with van der Waals surface area (Å²) in [6, 6.07) is 16.8. The smallest absolute Gasteiger partial charge is 0.120 e. The van der Waals surface area contributed by atoms with E-state index in [2.05, 4.69) is 75.5 Å². The van der Waals surface area contributed by atoms with Crippen LogP contribution in [0.15, 0.2) is 48.5 Å². The number of aryl methyl sites for hydroxylation is 1. The molecule has 1 N–H and O–H groups in total. The number of ether oxygens (including phenoxy) is 1. The lowest BCUT2D eigenvalue weighted by Gasteiger charge is -2.24. The molecule has 0 saturated carbocycles. The van der Waals surface area contributed by atoms with E-state index in [4.69, 9.17) is 4.74 Å². The Balaban J connectivity index is 1.94. The first-order chi connectivity index (χ1) is 10.5. The van der Waals surface area contributed by atoms with Crippen LogP contribution in [-0.4, -0.2) is 5.54 Å². The molecule has 2 rings (SSSR count). The van der Waals surface area contributed by atoms with Gasteiger partial charge in [0.25, 0.3) is 0 Å². The fourth-order valence-electron chi connectivity index (χ4n) is 2.18. The van der Waals surface area contributed by atoms with Crippen molar-refractivity contribution in [3.05, 3.63) is 65.2 Å². The highest BCUT2D eigenvalue weighted by Gasteiger charge is 2.13. The molecule has 2 aromatic carbocycles. The van der Waals surface area contributed by atoms with Gasteiger partial charge in [0.05, 0.1) is 0 Å². The zero-order chi connectivity index (χ0) is 16.0. The fraction of sp³-hybridized carbons (Fsp3) is 0.400. The first-order valence-electron chi connectivity index (χ1n) is 8.01. The Morgan fingerprint density at radius 2 is 1.73 bits per heavy atom. The lowest BCUT2D eigenvalue weighted by Crippen LogP contribution is -2.37. The average Bonchev–Trinajstić information content (AvgIpc) is 2.52. The largest absolute Gasteiger partial charge is 0.489 e. The van der Waals surface area contributed by atoms with Crippen molar-refractivity contribution in [2.24, 2.45) is 0 Å². The lowest BCUT2D eigenvalue weighted by atomic mass is 10.0. The minimum absolute atomic E-state index is 0.165. The molecule has 0 unspecified atom stereocenters. The summed E-state index contributed by atoms with van der Waals surface area (Å²) in [7, 11) is 0. The second-order valence-corrected chi connectivity index (χ2v) is 6.52. The van der Waals surface area contributed by atoms with Crippen LogP contribution in [0.1, 0.15) is 43.9 Å². The van der Waals surface area contributed by atoms with Crippen molar-refractivity contribution in [1.82, 2.24) is 5.32 Å². The van der Waals surface area contributed by atoms with E-state index >= 15 is 0 Å². The molecular formula is C20H27NO. The molecule has 0 bridgehead atoms. The zero-order valence-corrected chi connectivity index (χ0v) is 14.1. The summed E-state index contributed by atoms with van der Waals surface area (Å²) in [6.45, 7) is 10.2. The van der Waals surface area contributed by atoms with Gasteiger partial charge in [0.2, 0.25) is 0 Å². The van der Waals surface area contributed by atoms with E-state index in [1.54, 1.807) is 0 Å². The summed E-state index contributed by atoms with van der Waals surface area (Å²) in [5.74, 6) is 0.926. The molecule has 0 aliphatic heterocycles. The highest BCUT2D eigenvalue weighted by molar-refractivity contribution is 5.29. The van der Waals surface area contributed by atoms with E-state index in [0.717, 1.165) is 18.7 Å². The molecule has 2 nitrogen and oxygen atoms in total. The van der Waals surface area contributed by atoms with Crippen LogP contribution >= 0.6 is 0 Å². The number of rotatable bonds is 7. The van der Waals surface area contributed by atoms with Gasteiger partial charge in [-0.25, -0.2) is 0 Å². The molecule has 2 aromatic rings. The quantitative estimate of drug-likeness (QED) is 0.788. The van der Waals surface area contributed by atoms with Crippen molar-refractivity contribution < 1.29 is 4.74 Å². The van der Waals surface area contributed by atoms with Crippen LogP contribution in [0.4, 0.5) is 0 Å². The summed E-state index contributed by atoms with van der Waals surface area (Å²) in [5, 5.41) is 3.58. The molecule has 0 saturated heterocycles. The van der Waals surface area contributed by atoms with Crippen molar-refractivity contribution in [3.63, 3.8) is 0 Å². The van der Waals surface area contributed by atoms with Crippen LogP contribution < -0.4 is 10.1 Å². The van der Waals surface area contributed by atoms with E-state index < -0.39 is 0 Å². The first kappa shape index (κ1) is 16.6. The van der Waals surface area contributed by atoms with Gasteiger partial charge in [-0.05, 0) is 50.5 Å². The van der Waals surface area contributed by atoms with E-state index in [-0.39, 0.29) is 5.54 Å². The lowest BCUT2D eigenvalue weighted by molar-refractivity contribution is 0.305. The molecule has 0 aliphatic carbocycles.